The molecular weight excluding hydrogens is 376 g/mol. The van der Waals surface area contributed by atoms with E-state index in [-0.39, 0.29) is 18.1 Å². The number of rotatable bonds is 5. The van der Waals surface area contributed by atoms with Crippen LogP contribution < -0.4 is 5.32 Å². The number of thiazole rings is 1. The molecule has 28 heavy (non-hydrogen) atoms. The Labute approximate surface area is 167 Å². The Morgan fingerprint density at radius 2 is 1.82 bits per heavy atom. The number of aliphatic carboxylic acids is 1. The molecule has 2 aromatic rings. The topological polar surface area (TPSA) is 88.5 Å². The fourth-order valence-electron chi connectivity index (χ4n) is 4.26. The number of hydrogen-bond acceptors (Lipinski definition) is 5. The number of fused-ring (bicyclic) bond motifs is 2. The Kier molecular flexibility index (Phi) is 4.97. The van der Waals surface area contributed by atoms with Crippen LogP contribution >= 0.6 is 11.3 Å². The van der Waals surface area contributed by atoms with Gasteiger partial charge in [-0.15, -0.1) is 11.3 Å². The number of carboxylic acid groups (broad SMARTS) is 1. The van der Waals surface area contributed by atoms with Crippen LogP contribution in [0.5, 0.6) is 0 Å². The second-order valence-electron chi connectivity index (χ2n) is 7.87. The SMILES string of the molecule is Cc1sc(NC(=O)[C@@H]2[C@@H](C(=O)O)[C@H]3CC[C@H]2O3)nc1-c1ccc(C(C)C)cc1. The third kappa shape index (κ3) is 3.33. The van der Waals surface area contributed by atoms with Gasteiger partial charge in [0.25, 0.3) is 0 Å². The van der Waals surface area contributed by atoms with Crippen molar-refractivity contribution >= 4 is 28.3 Å². The highest BCUT2D eigenvalue weighted by Gasteiger charge is 2.55. The quantitative estimate of drug-likeness (QED) is 0.790. The highest BCUT2D eigenvalue weighted by Crippen LogP contribution is 2.44. The molecule has 4 rings (SSSR count). The predicted molar refractivity (Wildman–Crippen MR) is 108 cm³/mol. The number of aryl methyl sites for hydroxylation is 1. The molecule has 2 fully saturated rings. The van der Waals surface area contributed by atoms with Gasteiger partial charge in [0.15, 0.2) is 5.13 Å². The first kappa shape index (κ1) is 19.1. The molecule has 0 radical (unpaired) electrons. The zero-order valence-corrected chi connectivity index (χ0v) is 17.0. The van der Waals surface area contributed by atoms with Crippen LogP contribution in [0.15, 0.2) is 24.3 Å². The largest absolute Gasteiger partial charge is 0.481 e. The van der Waals surface area contributed by atoms with E-state index in [0.717, 1.165) is 22.6 Å². The third-order valence-electron chi connectivity index (χ3n) is 5.74. The molecule has 7 heteroatoms. The van der Waals surface area contributed by atoms with Gasteiger partial charge in [-0.25, -0.2) is 4.98 Å². The molecule has 1 aromatic carbocycles. The van der Waals surface area contributed by atoms with Gasteiger partial charge >= 0.3 is 5.97 Å². The molecule has 4 atom stereocenters. The third-order valence-corrected chi connectivity index (χ3v) is 6.62. The Hall–Kier alpha value is -2.25. The summed E-state index contributed by atoms with van der Waals surface area (Å²) in [5, 5.41) is 12.8. The van der Waals surface area contributed by atoms with Crippen molar-refractivity contribution in [3.05, 3.63) is 34.7 Å². The van der Waals surface area contributed by atoms with Gasteiger partial charge in [-0.2, -0.15) is 0 Å². The van der Waals surface area contributed by atoms with E-state index in [2.05, 4.69) is 36.3 Å². The van der Waals surface area contributed by atoms with E-state index in [0.29, 0.717) is 17.5 Å². The van der Waals surface area contributed by atoms with Crippen molar-refractivity contribution in [1.29, 1.82) is 0 Å². The Balaban J connectivity index is 1.52. The molecule has 0 aliphatic carbocycles. The molecule has 1 amide bonds. The summed E-state index contributed by atoms with van der Waals surface area (Å²) in [6.07, 6.45) is 0.774. The van der Waals surface area contributed by atoms with E-state index in [1.54, 1.807) is 0 Å². The van der Waals surface area contributed by atoms with Crippen LogP contribution in [0, 0.1) is 18.8 Å². The van der Waals surface area contributed by atoms with Crippen molar-refractivity contribution in [2.75, 3.05) is 5.32 Å². The maximum atomic E-state index is 12.8. The van der Waals surface area contributed by atoms with Gasteiger partial charge in [0.1, 0.15) is 0 Å². The van der Waals surface area contributed by atoms with Crippen molar-refractivity contribution in [1.82, 2.24) is 4.98 Å². The Morgan fingerprint density at radius 1 is 1.18 bits per heavy atom. The zero-order chi connectivity index (χ0) is 20.0. The van der Waals surface area contributed by atoms with Crippen molar-refractivity contribution in [3.63, 3.8) is 0 Å². The van der Waals surface area contributed by atoms with Crippen LogP contribution in [0.25, 0.3) is 11.3 Å². The molecule has 2 bridgehead atoms. The average Bonchev–Trinajstić information content (AvgIpc) is 3.35. The number of aromatic nitrogens is 1. The Morgan fingerprint density at radius 3 is 2.43 bits per heavy atom. The number of nitrogens with zero attached hydrogens (tertiary/aromatic N) is 1. The molecule has 2 aliphatic rings. The second-order valence-corrected chi connectivity index (χ2v) is 9.07. The minimum Gasteiger partial charge on any atom is -0.481 e. The summed E-state index contributed by atoms with van der Waals surface area (Å²) >= 11 is 1.41. The lowest BCUT2D eigenvalue weighted by Crippen LogP contribution is -2.40. The first-order valence-corrected chi connectivity index (χ1v) is 10.4. The molecule has 2 saturated heterocycles. The van der Waals surface area contributed by atoms with Gasteiger partial charge in [-0.1, -0.05) is 38.1 Å². The van der Waals surface area contributed by atoms with Crippen LogP contribution in [0.3, 0.4) is 0 Å². The molecule has 0 spiro atoms. The molecular formula is C21H24N2O4S. The van der Waals surface area contributed by atoms with Crippen molar-refractivity contribution in [3.8, 4) is 11.3 Å². The van der Waals surface area contributed by atoms with E-state index in [9.17, 15) is 14.7 Å². The highest BCUT2D eigenvalue weighted by molar-refractivity contribution is 7.16. The van der Waals surface area contributed by atoms with Crippen LogP contribution in [-0.4, -0.2) is 34.2 Å². The minimum absolute atomic E-state index is 0.310. The number of carbonyl (C=O) groups excluding carboxylic acids is 1. The maximum Gasteiger partial charge on any atom is 0.310 e. The number of anilines is 1. The average molecular weight is 401 g/mol. The fourth-order valence-corrected chi connectivity index (χ4v) is 5.10. The normalized spacial score (nSPS) is 26.0. The summed E-state index contributed by atoms with van der Waals surface area (Å²) in [6, 6.07) is 8.29. The minimum atomic E-state index is -0.964. The molecule has 148 valence electrons. The van der Waals surface area contributed by atoms with Gasteiger partial charge < -0.3 is 15.2 Å². The molecule has 3 heterocycles. The lowest BCUT2D eigenvalue weighted by Gasteiger charge is -2.23. The van der Waals surface area contributed by atoms with Crippen molar-refractivity contribution in [2.45, 2.75) is 51.7 Å². The smallest absolute Gasteiger partial charge is 0.310 e. The number of benzene rings is 1. The van der Waals surface area contributed by atoms with Gasteiger partial charge in [0, 0.05) is 10.4 Å². The van der Waals surface area contributed by atoms with Crippen molar-refractivity contribution in [2.24, 2.45) is 11.8 Å². The van der Waals surface area contributed by atoms with E-state index >= 15 is 0 Å². The first-order chi connectivity index (χ1) is 13.3. The second kappa shape index (κ2) is 7.29. The lowest BCUT2D eigenvalue weighted by molar-refractivity contribution is -0.147. The molecule has 0 saturated carbocycles. The van der Waals surface area contributed by atoms with Crippen LogP contribution in [-0.2, 0) is 14.3 Å². The highest BCUT2D eigenvalue weighted by atomic mass is 32.1. The summed E-state index contributed by atoms with van der Waals surface area (Å²) in [7, 11) is 0. The van der Waals surface area contributed by atoms with Crippen LogP contribution in [0.1, 0.15) is 43.0 Å². The zero-order valence-electron chi connectivity index (χ0n) is 16.1. The molecule has 2 aliphatic heterocycles. The molecule has 0 unspecified atom stereocenters. The van der Waals surface area contributed by atoms with E-state index in [4.69, 9.17) is 4.74 Å². The summed E-state index contributed by atoms with van der Waals surface area (Å²) in [5.74, 6) is -2.24. The van der Waals surface area contributed by atoms with Crippen LogP contribution in [0.4, 0.5) is 5.13 Å². The number of carbonyl (C=O) groups is 2. The van der Waals surface area contributed by atoms with E-state index in [1.165, 1.54) is 16.9 Å². The standard InChI is InChI=1S/C21H24N2O4S/c1-10(2)12-4-6-13(7-5-12)18-11(3)28-21(22-18)23-19(24)16-14-8-9-15(27-14)17(16)20(25)26/h4-7,10,14-17H,8-9H2,1-3H3,(H,25,26)(H,22,23,24)/t14-,15-,16+,17+/m1/s1. The van der Waals surface area contributed by atoms with Gasteiger partial charge in [0.05, 0.1) is 29.7 Å². The van der Waals surface area contributed by atoms with E-state index < -0.39 is 17.8 Å². The fraction of sp³-hybridized carbons (Fsp3) is 0.476. The maximum absolute atomic E-state index is 12.8. The van der Waals surface area contributed by atoms with E-state index in [1.807, 2.05) is 19.1 Å². The van der Waals surface area contributed by atoms with Gasteiger partial charge in [0.2, 0.25) is 5.91 Å². The predicted octanol–water partition coefficient (Wildman–Crippen LogP) is 4.06. The number of nitrogens with one attached hydrogen (secondary N) is 1. The number of hydrogen-bond donors (Lipinski definition) is 2. The van der Waals surface area contributed by atoms with Crippen molar-refractivity contribution < 1.29 is 19.4 Å². The number of carboxylic acids is 1. The summed E-state index contributed by atoms with van der Waals surface area (Å²) in [5.41, 5.74) is 3.11. The van der Waals surface area contributed by atoms with Gasteiger partial charge in [-0.05, 0) is 31.2 Å². The first-order valence-electron chi connectivity index (χ1n) is 9.62. The molecule has 1 aromatic heterocycles. The number of ether oxygens (including phenoxy) is 1. The summed E-state index contributed by atoms with van der Waals surface area (Å²) in [6.45, 7) is 6.28. The molecule has 2 N–H and O–H groups in total. The monoisotopic (exact) mass is 400 g/mol. The lowest BCUT2D eigenvalue weighted by atomic mass is 9.79. The number of amides is 1. The summed E-state index contributed by atoms with van der Waals surface area (Å²) < 4.78 is 5.69. The van der Waals surface area contributed by atoms with Gasteiger partial charge in [-0.3, -0.25) is 9.59 Å². The van der Waals surface area contributed by atoms with Crippen LogP contribution in [0.2, 0.25) is 0 Å². The summed E-state index contributed by atoms with van der Waals surface area (Å²) in [4.78, 5) is 30.0. The Bertz CT molecular complexity index is 906. The molecule has 6 nitrogen and oxygen atoms in total.